The molecule has 6 nitrogen and oxygen atoms in total. The zero-order chi connectivity index (χ0) is 21.5. The topological polar surface area (TPSA) is 69.0 Å². The van der Waals surface area contributed by atoms with E-state index >= 15 is 0 Å². The summed E-state index contributed by atoms with van der Waals surface area (Å²) in [5, 5.41) is 11.5. The van der Waals surface area contributed by atoms with Crippen LogP contribution >= 0.6 is 39.3 Å². The van der Waals surface area contributed by atoms with Crippen molar-refractivity contribution in [1.29, 1.82) is 0 Å². The number of ether oxygens (including phenoxy) is 1. The lowest BCUT2D eigenvalue weighted by Crippen LogP contribution is -2.15. The molecule has 2 aromatic carbocycles. The van der Waals surface area contributed by atoms with E-state index in [1.54, 1.807) is 6.08 Å². The normalized spacial score (nSPS) is 10.6. The summed E-state index contributed by atoms with van der Waals surface area (Å²) < 4.78 is 21.8. The Kier molecular flexibility index (Phi) is 7.89. The Labute approximate surface area is 190 Å². The fraction of sp³-hybridized carbons (Fsp3) is 0.150. The fourth-order valence-electron chi connectivity index (χ4n) is 2.42. The molecule has 0 radical (unpaired) electrons. The minimum Gasteiger partial charge on any atom is -0.486 e. The summed E-state index contributed by atoms with van der Waals surface area (Å²) in [6.07, 6.45) is 1.72. The van der Waals surface area contributed by atoms with Gasteiger partial charge in [0.15, 0.2) is 11.0 Å². The summed E-state index contributed by atoms with van der Waals surface area (Å²) >= 11 is 10.3. The molecule has 0 saturated carbocycles. The van der Waals surface area contributed by atoms with E-state index in [1.807, 2.05) is 28.8 Å². The number of rotatable bonds is 9. The third-order valence-corrected chi connectivity index (χ3v) is 5.61. The number of carbonyl (C=O) groups is 1. The summed E-state index contributed by atoms with van der Waals surface area (Å²) in [4.78, 5) is 12.2. The summed E-state index contributed by atoms with van der Waals surface area (Å²) in [7, 11) is 0. The van der Waals surface area contributed by atoms with E-state index < -0.39 is 5.82 Å². The number of amides is 1. The van der Waals surface area contributed by atoms with Gasteiger partial charge >= 0.3 is 0 Å². The number of thioether (sulfide) groups is 1. The van der Waals surface area contributed by atoms with E-state index in [4.69, 9.17) is 16.3 Å². The van der Waals surface area contributed by atoms with Crippen molar-refractivity contribution in [1.82, 2.24) is 14.8 Å². The Morgan fingerprint density at radius 2 is 2.07 bits per heavy atom. The van der Waals surface area contributed by atoms with Crippen LogP contribution in [-0.4, -0.2) is 26.4 Å². The van der Waals surface area contributed by atoms with Crippen molar-refractivity contribution >= 4 is 50.9 Å². The van der Waals surface area contributed by atoms with Gasteiger partial charge in [0.1, 0.15) is 18.2 Å². The molecule has 0 bridgehead atoms. The van der Waals surface area contributed by atoms with Crippen LogP contribution in [0.1, 0.15) is 5.82 Å². The van der Waals surface area contributed by atoms with Crippen LogP contribution in [0.15, 0.2) is 64.7 Å². The van der Waals surface area contributed by atoms with Crippen molar-refractivity contribution in [2.75, 3.05) is 11.1 Å². The maximum atomic E-state index is 13.2. The average molecular weight is 512 g/mol. The van der Waals surface area contributed by atoms with E-state index in [9.17, 15) is 9.18 Å². The number of hydrogen-bond donors (Lipinski definition) is 1. The SMILES string of the molecule is C=CCn1c(COc2ccc(Br)cc2)nnc1SCC(=O)Nc1ccc(F)c(Cl)c1. The zero-order valence-electron chi connectivity index (χ0n) is 15.6. The van der Waals surface area contributed by atoms with Crippen LogP contribution in [0.3, 0.4) is 0 Å². The molecule has 1 aromatic heterocycles. The molecule has 3 rings (SSSR count). The zero-order valence-corrected chi connectivity index (χ0v) is 18.8. The van der Waals surface area contributed by atoms with Crippen molar-refractivity contribution in [3.8, 4) is 5.75 Å². The van der Waals surface area contributed by atoms with Crippen LogP contribution in [0, 0.1) is 5.82 Å². The van der Waals surface area contributed by atoms with E-state index in [2.05, 4.69) is 38.0 Å². The smallest absolute Gasteiger partial charge is 0.234 e. The first-order chi connectivity index (χ1) is 14.5. The number of benzene rings is 2. The summed E-state index contributed by atoms with van der Waals surface area (Å²) in [5.74, 6) is 0.601. The fourth-order valence-corrected chi connectivity index (χ4v) is 3.64. The van der Waals surface area contributed by atoms with Gasteiger partial charge < -0.3 is 10.1 Å². The van der Waals surface area contributed by atoms with Gasteiger partial charge in [-0.2, -0.15) is 0 Å². The average Bonchev–Trinajstić information content (AvgIpc) is 3.11. The van der Waals surface area contributed by atoms with Crippen molar-refractivity contribution in [2.45, 2.75) is 18.3 Å². The highest BCUT2D eigenvalue weighted by Gasteiger charge is 2.14. The van der Waals surface area contributed by atoms with Crippen LogP contribution in [0.2, 0.25) is 5.02 Å². The highest BCUT2D eigenvalue weighted by atomic mass is 79.9. The van der Waals surface area contributed by atoms with Crippen molar-refractivity contribution in [2.24, 2.45) is 0 Å². The molecular formula is C20H17BrClFN4O2S. The highest BCUT2D eigenvalue weighted by Crippen LogP contribution is 2.22. The Morgan fingerprint density at radius 1 is 1.30 bits per heavy atom. The number of anilines is 1. The Bertz CT molecular complexity index is 1050. The molecule has 0 spiro atoms. The van der Waals surface area contributed by atoms with E-state index in [1.165, 1.54) is 30.0 Å². The second-order valence-electron chi connectivity index (χ2n) is 6.01. The van der Waals surface area contributed by atoms with Gasteiger partial charge in [-0.25, -0.2) is 4.39 Å². The monoisotopic (exact) mass is 510 g/mol. The summed E-state index contributed by atoms with van der Waals surface area (Å²) in [6.45, 7) is 4.46. The number of halogens is 3. The minimum absolute atomic E-state index is 0.0541. The molecular weight excluding hydrogens is 495 g/mol. The van der Waals surface area contributed by atoms with Crippen LogP contribution in [0.25, 0.3) is 0 Å². The second kappa shape index (κ2) is 10.6. The first kappa shape index (κ1) is 22.3. The molecule has 0 saturated heterocycles. The van der Waals surface area contributed by atoms with Crippen molar-refractivity contribution < 1.29 is 13.9 Å². The Morgan fingerprint density at radius 3 is 2.77 bits per heavy atom. The predicted molar refractivity (Wildman–Crippen MR) is 119 cm³/mol. The van der Waals surface area contributed by atoms with Gasteiger partial charge in [0.2, 0.25) is 5.91 Å². The van der Waals surface area contributed by atoms with Crippen LogP contribution < -0.4 is 10.1 Å². The molecule has 0 atom stereocenters. The van der Waals surface area contributed by atoms with Gasteiger partial charge in [0.05, 0.1) is 10.8 Å². The number of allylic oxidation sites excluding steroid dienone is 1. The van der Waals surface area contributed by atoms with Crippen molar-refractivity contribution in [3.63, 3.8) is 0 Å². The molecule has 0 aliphatic carbocycles. The quantitative estimate of drug-likeness (QED) is 0.311. The molecule has 0 unspecified atom stereocenters. The van der Waals surface area contributed by atoms with E-state index in [-0.39, 0.29) is 23.3 Å². The maximum absolute atomic E-state index is 13.2. The summed E-state index contributed by atoms with van der Waals surface area (Å²) in [6, 6.07) is 11.5. The van der Waals surface area contributed by atoms with E-state index in [0.29, 0.717) is 29.0 Å². The van der Waals surface area contributed by atoms with Gasteiger partial charge in [0.25, 0.3) is 0 Å². The van der Waals surface area contributed by atoms with Gasteiger partial charge in [-0.15, -0.1) is 16.8 Å². The first-order valence-electron chi connectivity index (χ1n) is 8.75. The lowest BCUT2D eigenvalue weighted by molar-refractivity contribution is -0.113. The van der Waals surface area contributed by atoms with Crippen molar-refractivity contribution in [3.05, 3.63) is 76.3 Å². The molecule has 0 fully saturated rings. The molecule has 0 aliphatic heterocycles. The molecule has 1 amide bonds. The standard InChI is InChI=1S/C20H17BrClFN4O2S/c1-2-9-27-18(11-29-15-6-3-13(21)4-7-15)25-26-20(27)30-12-19(28)24-14-5-8-17(23)16(22)10-14/h2-8,10H,1,9,11-12H2,(H,24,28). The largest absolute Gasteiger partial charge is 0.486 e. The predicted octanol–water partition coefficient (Wildman–Crippen LogP) is 5.33. The van der Waals surface area contributed by atoms with E-state index in [0.717, 1.165) is 4.47 Å². The maximum Gasteiger partial charge on any atom is 0.234 e. The van der Waals surface area contributed by atoms with Gasteiger partial charge in [0, 0.05) is 16.7 Å². The Hall–Kier alpha value is -2.36. The highest BCUT2D eigenvalue weighted by molar-refractivity contribution is 9.10. The molecule has 3 aromatic rings. The minimum atomic E-state index is -0.542. The molecule has 10 heteroatoms. The second-order valence-corrected chi connectivity index (χ2v) is 8.27. The number of nitrogens with one attached hydrogen (secondary N) is 1. The van der Waals surface area contributed by atoms with Crippen LogP contribution in [-0.2, 0) is 17.9 Å². The van der Waals surface area contributed by atoms with Gasteiger partial charge in [-0.1, -0.05) is 45.4 Å². The molecule has 156 valence electrons. The van der Waals surface area contributed by atoms with Gasteiger partial charge in [-0.3, -0.25) is 9.36 Å². The lowest BCUT2D eigenvalue weighted by Gasteiger charge is -2.09. The number of hydrogen-bond acceptors (Lipinski definition) is 5. The number of nitrogens with zero attached hydrogens (tertiary/aromatic N) is 3. The van der Waals surface area contributed by atoms with Gasteiger partial charge in [-0.05, 0) is 42.5 Å². The first-order valence-corrected chi connectivity index (χ1v) is 10.9. The molecule has 0 aliphatic rings. The molecule has 30 heavy (non-hydrogen) atoms. The number of carbonyl (C=O) groups excluding carboxylic acids is 1. The number of aromatic nitrogens is 3. The third-order valence-electron chi connectivity index (χ3n) is 3.82. The molecule has 1 N–H and O–H groups in total. The molecule has 1 heterocycles. The summed E-state index contributed by atoms with van der Waals surface area (Å²) in [5.41, 5.74) is 0.420. The third kappa shape index (κ3) is 6.07. The van der Waals surface area contributed by atoms with Crippen LogP contribution in [0.4, 0.5) is 10.1 Å². The Balaban J connectivity index is 1.60. The lowest BCUT2D eigenvalue weighted by atomic mass is 10.3. The van der Waals surface area contributed by atoms with Crippen LogP contribution in [0.5, 0.6) is 5.75 Å².